The van der Waals surface area contributed by atoms with Crippen molar-refractivity contribution in [3.05, 3.63) is 51.7 Å². The number of thiophene rings is 1. The number of likely N-dealkylation sites (N-methyl/N-ethyl adjacent to an activating group) is 1. The molecule has 1 amide bonds. The number of esters is 1. The zero-order valence-electron chi connectivity index (χ0n) is 14.0. The summed E-state index contributed by atoms with van der Waals surface area (Å²) in [6, 6.07) is 4.97. The Morgan fingerprint density at radius 2 is 2.00 bits per heavy atom. The number of carbonyl (C=O) groups is 2. The van der Waals surface area contributed by atoms with Crippen molar-refractivity contribution in [1.82, 2.24) is 4.90 Å². The molecule has 8 heteroatoms. The molecule has 0 aliphatic carbocycles. The number of ether oxygens (including phenoxy) is 1. The maximum absolute atomic E-state index is 13.4. The number of halogens is 2. The lowest BCUT2D eigenvalue weighted by atomic mass is 10.1. The van der Waals surface area contributed by atoms with E-state index in [1.165, 1.54) is 24.5 Å². The van der Waals surface area contributed by atoms with Gasteiger partial charge in [-0.25, -0.2) is 13.6 Å². The molecule has 1 aromatic heterocycles. The van der Waals surface area contributed by atoms with Gasteiger partial charge in [-0.1, -0.05) is 6.07 Å². The predicted octanol–water partition coefficient (Wildman–Crippen LogP) is 3.44. The number of nitrogens with zero attached hydrogens (tertiary/aromatic N) is 1. The van der Waals surface area contributed by atoms with Crippen molar-refractivity contribution < 1.29 is 23.1 Å². The second kappa shape index (κ2) is 8.17. The molecule has 1 heterocycles. The molecular weight excluding hydrogens is 350 g/mol. The molecular formula is C17H18F2N2O3S. The number of amides is 1. The van der Waals surface area contributed by atoms with E-state index in [4.69, 9.17) is 0 Å². The van der Waals surface area contributed by atoms with Gasteiger partial charge in [0.1, 0.15) is 4.88 Å². The lowest BCUT2D eigenvalue weighted by molar-refractivity contribution is -0.117. The Morgan fingerprint density at radius 1 is 1.28 bits per heavy atom. The van der Waals surface area contributed by atoms with Crippen LogP contribution in [0.3, 0.4) is 0 Å². The summed E-state index contributed by atoms with van der Waals surface area (Å²) in [5.74, 6) is -2.69. The first-order valence-corrected chi connectivity index (χ1v) is 8.32. The maximum Gasteiger partial charge on any atom is 0.350 e. The van der Waals surface area contributed by atoms with Crippen LogP contribution in [0.4, 0.5) is 14.5 Å². The molecule has 1 aromatic carbocycles. The Bertz CT molecular complexity index is 779. The van der Waals surface area contributed by atoms with Gasteiger partial charge in [0.05, 0.1) is 19.3 Å². The first-order chi connectivity index (χ1) is 11.8. The van der Waals surface area contributed by atoms with Crippen LogP contribution in [0.15, 0.2) is 29.6 Å². The molecule has 0 spiro atoms. The van der Waals surface area contributed by atoms with Gasteiger partial charge in [0.15, 0.2) is 11.6 Å². The Labute approximate surface area is 148 Å². The van der Waals surface area contributed by atoms with Crippen LogP contribution in [-0.4, -0.2) is 37.5 Å². The summed E-state index contributed by atoms with van der Waals surface area (Å²) in [7, 11) is 2.96. The zero-order valence-corrected chi connectivity index (χ0v) is 14.8. The number of nitrogens with one attached hydrogen (secondary N) is 1. The lowest BCUT2D eigenvalue weighted by Crippen LogP contribution is -2.32. The number of rotatable bonds is 6. The van der Waals surface area contributed by atoms with Gasteiger partial charge in [0, 0.05) is 6.04 Å². The molecule has 0 saturated carbocycles. The highest BCUT2D eigenvalue weighted by Crippen LogP contribution is 2.24. The molecule has 5 nitrogen and oxygen atoms in total. The number of hydrogen-bond acceptors (Lipinski definition) is 5. The Balaban J connectivity index is 2.01. The van der Waals surface area contributed by atoms with Gasteiger partial charge in [0.25, 0.3) is 0 Å². The summed E-state index contributed by atoms with van der Waals surface area (Å²) in [6.45, 7) is 1.79. The number of carbonyl (C=O) groups excluding carboxylic acids is 2. The topological polar surface area (TPSA) is 58.6 Å². The van der Waals surface area contributed by atoms with Crippen molar-refractivity contribution in [2.24, 2.45) is 0 Å². The van der Waals surface area contributed by atoms with Gasteiger partial charge in [-0.3, -0.25) is 9.69 Å². The Morgan fingerprint density at radius 3 is 2.64 bits per heavy atom. The van der Waals surface area contributed by atoms with Crippen molar-refractivity contribution in [2.45, 2.75) is 13.0 Å². The lowest BCUT2D eigenvalue weighted by Gasteiger charge is -2.24. The molecule has 0 saturated heterocycles. The minimum atomic E-state index is -0.928. The summed E-state index contributed by atoms with van der Waals surface area (Å²) in [5.41, 5.74) is 0.940. The summed E-state index contributed by atoms with van der Waals surface area (Å²) in [4.78, 5) is 25.8. The van der Waals surface area contributed by atoms with Gasteiger partial charge in [-0.15, -0.1) is 11.3 Å². The summed E-state index contributed by atoms with van der Waals surface area (Å²) in [6.07, 6.45) is 0. The molecule has 0 fully saturated rings. The number of methoxy groups -OCH3 is 1. The number of hydrogen-bond donors (Lipinski definition) is 1. The van der Waals surface area contributed by atoms with E-state index in [-0.39, 0.29) is 18.5 Å². The molecule has 0 aliphatic rings. The first-order valence-electron chi connectivity index (χ1n) is 7.44. The van der Waals surface area contributed by atoms with E-state index in [2.05, 4.69) is 10.1 Å². The molecule has 0 radical (unpaired) electrons. The summed E-state index contributed by atoms with van der Waals surface area (Å²) in [5, 5.41) is 4.33. The van der Waals surface area contributed by atoms with Crippen LogP contribution in [0.2, 0.25) is 0 Å². The van der Waals surface area contributed by atoms with Crippen LogP contribution in [0.5, 0.6) is 0 Å². The van der Waals surface area contributed by atoms with Crippen molar-refractivity contribution in [1.29, 1.82) is 0 Å². The molecule has 25 heavy (non-hydrogen) atoms. The van der Waals surface area contributed by atoms with E-state index in [1.54, 1.807) is 30.3 Å². The monoisotopic (exact) mass is 368 g/mol. The van der Waals surface area contributed by atoms with Gasteiger partial charge in [0.2, 0.25) is 5.91 Å². The fraction of sp³-hybridized carbons (Fsp3) is 0.294. The molecule has 1 N–H and O–H groups in total. The largest absolute Gasteiger partial charge is 0.465 e. The molecule has 1 atom stereocenters. The van der Waals surface area contributed by atoms with E-state index >= 15 is 0 Å². The maximum atomic E-state index is 13.4. The highest BCUT2D eigenvalue weighted by Gasteiger charge is 2.19. The third-order valence-corrected chi connectivity index (χ3v) is 4.68. The van der Waals surface area contributed by atoms with E-state index in [9.17, 15) is 18.4 Å². The van der Waals surface area contributed by atoms with Crippen LogP contribution >= 0.6 is 11.3 Å². The number of anilines is 1. The minimum Gasteiger partial charge on any atom is -0.465 e. The van der Waals surface area contributed by atoms with Crippen LogP contribution in [0.25, 0.3) is 0 Å². The first kappa shape index (κ1) is 19.0. The highest BCUT2D eigenvalue weighted by atomic mass is 32.1. The molecule has 1 unspecified atom stereocenters. The standard InChI is InChI=1S/C17H18F2N2O3S/c1-10(11-4-5-12(18)13(19)8-11)21(2)9-15(22)20-14-6-7-25-16(14)17(23)24-3/h4-8,10H,9H2,1-3H3,(H,20,22). The minimum absolute atomic E-state index is 0.0105. The van der Waals surface area contributed by atoms with Gasteiger partial charge < -0.3 is 10.1 Å². The normalized spacial score (nSPS) is 12.1. The molecule has 0 aliphatic heterocycles. The van der Waals surface area contributed by atoms with Crippen molar-refractivity contribution >= 4 is 28.9 Å². The van der Waals surface area contributed by atoms with Gasteiger partial charge in [-0.2, -0.15) is 0 Å². The summed E-state index contributed by atoms with van der Waals surface area (Å²) < 4.78 is 31.0. The SMILES string of the molecule is COC(=O)c1sccc1NC(=O)CN(C)C(C)c1ccc(F)c(F)c1. The van der Waals surface area contributed by atoms with Gasteiger partial charge in [-0.05, 0) is 43.1 Å². The Kier molecular flexibility index (Phi) is 6.22. The molecule has 2 aromatic rings. The smallest absolute Gasteiger partial charge is 0.350 e. The fourth-order valence-corrected chi connectivity index (χ4v) is 3.00. The van der Waals surface area contributed by atoms with E-state index in [0.29, 0.717) is 16.1 Å². The Hall–Kier alpha value is -2.32. The molecule has 0 bridgehead atoms. The second-order valence-electron chi connectivity index (χ2n) is 5.47. The quantitative estimate of drug-likeness (QED) is 0.794. The van der Waals surface area contributed by atoms with Crippen LogP contribution in [-0.2, 0) is 9.53 Å². The fourth-order valence-electron chi connectivity index (χ4n) is 2.24. The molecule has 134 valence electrons. The third kappa shape index (κ3) is 4.61. The van der Waals surface area contributed by atoms with Gasteiger partial charge >= 0.3 is 5.97 Å². The van der Waals surface area contributed by atoms with Crippen LogP contribution in [0, 0.1) is 11.6 Å². The van der Waals surface area contributed by atoms with E-state index in [0.717, 1.165) is 12.1 Å². The summed E-state index contributed by atoms with van der Waals surface area (Å²) >= 11 is 1.17. The van der Waals surface area contributed by atoms with E-state index in [1.807, 2.05) is 0 Å². The zero-order chi connectivity index (χ0) is 18.6. The van der Waals surface area contributed by atoms with E-state index < -0.39 is 17.6 Å². The average Bonchev–Trinajstić information content (AvgIpc) is 3.03. The van der Waals surface area contributed by atoms with Crippen molar-refractivity contribution in [2.75, 3.05) is 26.0 Å². The van der Waals surface area contributed by atoms with Crippen molar-refractivity contribution in [3.63, 3.8) is 0 Å². The van der Waals surface area contributed by atoms with Crippen LogP contribution < -0.4 is 5.32 Å². The highest BCUT2D eigenvalue weighted by molar-refractivity contribution is 7.12. The van der Waals surface area contributed by atoms with Crippen LogP contribution in [0.1, 0.15) is 28.2 Å². The number of benzene rings is 1. The second-order valence-corrected chi connectivity index (χ2v) is 6.38. The molecule has 2 rings (SSSR count). The predicted molar refractivity (Wildman–Crippen MR) is 91.7 cm³/mol. The average molecular weight is 368 g/mol. The van der Waals surface area contributed by atoms with Crippen molar-refractivity contribution in [3.8, 4) is 0 Å². The third-order valence-electron chi connectivity index (χ3n) is 3.79.